The molecule has 2 aromatic rings. The van der Waals surface area contributed by atoms with Gasteiger partial charge in [0, 0.05) is 26.2 Å². The number of carbonyl (C=O) groups excluding carboxylic acids is 1. The Bertz CT molecular complexity index is 787. The van der Waals surface area contributed by atoms with Crippen LogP contribution in [0.15, 0.2) is 60.4 Å². The molecular formula is C20H20IrNO2-. The van der Waals surface area contributed by atoms with E-state index >= 15 is 0 Å². The first kappa shape index (κ1) is 20.0. The van der Waals surface area contributed by atoms with E-state index in [1.807, 2.05) is 18.2 Å². The fourth-order valence-electron chi connectivity index (χ4n) is 2.27. The molecule has 1 aromatic carbocycles. The first-order valence-corrected chi connectivity index (χ1v) is 7.57. The Balaban J connectivity index is 0.000000312. The van der Waals surface area contributed by atoms with Crippen molar-refractivity contribution < 1.29 is 30.0 Å². The molecule has 4 heteroatoms. The zero-order chi connectivity index (χ0) is 16.7. The number of aliphatic hydroxyl groups is 1. The number of aromatic nitrogens is 1. The monoisotopic (exact) mass is 499 g/mol. The first-order valence-electron chi connectivity index (χ1n) is 7.57. The second-order valence-electron chi connectivity index (χ2n) is 5.35. The molecule has 24 heavy (non-hydrogen) atoms. The molecule has 0 aliphatic heterocycles. The van der Waals surface area contributed by atoms with E-state index < -0.39 is 0 Å². The van der Waals surface area contributed by atoms with Crippen molar-refractivity contribution in [1.82, 2.24) is 4.98 Å². The maximum Gasteiger partial charge on any atom is 0.155 e. The number of aliphatic hydroxyl groups excluding tert-OH is 1. The Labute approximate surface area is 156 Å². The number of fused-ring (bicyclic) bond motifs is 1. The minimum absolute atomic E-state index is 0. The van der Waals surface area contributed by atoms with Crippen LogP contribution in [0.5, 0.6) is 0 Å². The second-order valence-corrected chi connectivity index (χ2v) is 5.35. The van der Waals surface area contributed by atoms with Gasteiger partial charge in [0.05, 0.1) is 11.3 Å². The summed E-state index contributed by atoms with van der Waals surface area (Å²) in [6, 6.07) is 12.4. The van der Waals surface area contributed by atoms with Crippen molar-refractivity contribution in [3.8, 4) is 0 Å². The number of pyridine rings is 1. The average Bonchev–Trinajstić information content (AvgIpc) is 2.54. The van der Waals surface area contributed by atoms with Gasteiger partial charge in [-0.15, -0.1) is 5.57 Å². The van der Waals surface area contributed by atoms with Gasteiger partial charge >= 0.3 is 0 Å². The SMILES string of the molecule is CC(=O)/C=C(/C)O.[C-]1=C(c2ccc3ccccc3n2)CCC=C1.[Ir]. The van der Waals surface area contributed by atoms with E-state index in [1.54, 1.807) is 0 Å². The minimum atomic E-state index is -0.125. The zero-order valence-corrected chi connectivity index (χ0v) is 16.1. The summed E-state index contributed by atoms with van der Waals surface area (Å²) in [5.74, 6) is -0.0625. The van der Waals surface area contributed by atoms with E-state index in [2.05, 4.69) is 41.4 Å². The molecule has 0 bridgehead atoms. The molecule has 1 heterocycles. The largest absolute Gasteiger partial charge is 0.512 e. The van der Waals surface area contributed by atoms with Crippen LogP contribution in [0, 0.1) is 6.08 Å². The molecule has 1 aliphatic rings. The van der Waals surface area contributed by atoms with Gasteiger partial charge in [0.2, 0.25) is 0 Å². The van der Waals surface area contributed by atoms with Gasteiger partial charge in [0.15, 0.2) is 5.78 Å². The average molecular weight is 499 g/mol. The summed E-state index contributed by atoms with van der Waals surface area (Å²) < 4.78 is 0. The maximum absolute atomic E-state index is 10.0. The van der Waals surface area contributed by atoms with E-state index in [4.69, 9.17) is 5.11 Å². The Morgan fingerprint density at radius 3 is 2.54 bits per heavy atom. The van der Waals surface area contributed by atoms with E-state index in [-0.39, 0.29) is 31.6 Å². The number of hydrogen-bond acceptors (Lipinski definition) is 3. The van der Waals surface area contributed by atoms with Crippen LogP contribution in [0.4, 0.5) is 0 Å². The third kappa shape index (κ3) is 6.23. The molecule has 3 rings (SSSR count). The van der Waals surface area contributed by atoms with Crippen molar-refractivity contribution in [2.24, 2.45) is 0 Å². The Morgan fingerprint density at radius 1 is 1.21 bits per heavy atom. The molecular weight excluding hydrogens is 478 g/mol. The third-order valence-corrected chi connectivity index (χ3v) is 3.26. The molecule has 1 radical (unpaired) electrons. The quantitative estimate of drug-likeness (QED) is 0.368. The van der Waals surface area contributed by atoms with Crippen LogP contribution in [0.1, 0.15) is 32.4 Å². The number of benzene rings is 1. The summed E-state index contributed by atoms with van der Waals surface area (Å²) in [5, 5.41) is 9.56. The second kappa shape index (κ2) is 9.96. The van der Waals surface area contributed by atoms with E-state index in [0.29, 0.717) is 0 Å². The van der Waals surface area contributed by atoms with Crippen molar-refractivity contribution in [2.45, 2.75) is 26.7 Å². The van der Waals surface area contributed by atoms with Gasteiger partial charge in [0.25, 0.3) is 0 Å². The standard InChI is InChI=1S/C15H12N.C5H8O2.Ir/c1-2-6-12(7-3-1)15-11-10-13-8-4-5-9-14(13)16-15;1-4(6)3-5(2)7;/h1-2,4-5,8-11H,3,7H2;3,6H,1-2H3;/q-1;;/b;4-3-;. The molecule has 0 amide bonds. The fourth-order valence-corrected chi connectivity index (χ4v) is 2.27. The molecule has 0 saturated heterocycles. The number of para-hydroxylation sites is 1. The van der Waals surface area contributed by atoms with Crippen molar-refractivity contribution in [2.75, 3.05) is 0 Å². The number of hydrogen-bond donors (Lipinski definition) is 1. The minimum Gasteiger partial charge on any atom is -0.512 e. The molecule has 0 fully saturated rings. The van der Waals surface area contributed by atoms with Crippen molar-refractivity contribution in [3.63, 3.8) is 0 Å². The number of rotatable bonds is 2. The maximum atomic E-state index is 10.0. The molecule has 1 aliphatic carbocycles. The molecule has 3 nitrogen and oxygen atoms in total. The molecule has 127 valence electrons. The Morgan fingerprint density at radius 2 is 1.96 bits per heavy atom. The van der Waals surface area contributed by atoms with Crippen LogP contribution in [0.25, 0.3) is 16.5 Å². The smallest absolute Gasteiger partial charge is 0.155 e. The fraction of sp³-hybridized carbons (Fsp3) is 0.200. The number of ketones is 1. The van der Waals surface area contributed by atoms with Crippen LogP contribution >= 0.6 is 0 Å². The van der Waals surface area contributed by atoms with Gasteiger partial charge < -0.3 is 10.1 Å². The molecule has 0 saturated carbocycles. The third-order valence-electron chi connectivity index (χ3n) is 3.26. The summed E-state index contributed by atoms with van der Waals surface area (Å²) in [5.41, 5.74) is 3.33. The number of allylic oxidation sites excluding steroid dienone is 6. The predicted octanol–water partition coefficient (Wildman–Crippen LogP) is 4.81. The molecule has 1 aromatic heterocycles. The summed E-state index contributed by atoms with van der Waals surface area (Å²) in [6.45, 7) is 2.85. The van der Waals surface area contributed by atoms with Gasteiger partial charge in [-0.25, -0.2) is 0 Å². The summed E-state index contributed by atoms with van der Waals surface area (Å²) in [6.07, 6.45) is 10.7. The molecule has 0 unspecified atom stereocenters. The molecule has 1 N–H and O–H groups in total. The van der Waals surface area contributed by atoms with Crippen LogP contribution in [0.2, 0.25) is 0 Å². The van der Waals surface area contributed by atoms with Crippen molar-refractivity contribution in [1.29, 1.82) is 0 Å². The van der Waals surface area contributed by atoms with Gasteiger partial charge in [-0.1, -0.05) is 43.2 Å². The predicted molar refractivity (Wildman–Crippen MR) is 93.8 cm³/mol. The van der Waals surface area contributed by atoms with Crippen molar-refractivity contribution >= 4 is 22.3 Å². The van der Waals surface area contributed by atoms with Gasteiger partial charge in [-0.2, -0.15) is 18.2 Å². The Hall–Kier alpha value is -2.03. The summed E-state index contributed by atoms with van der Waals surface area (Å²) >= 11 is 0. The molecule has 0 atom stereocenters. The van der Waals surface area contributed by atoms with Crippen LogP contribution in [-0.2, 0) is 24.9 Å². The Kier molecular flexibility index (Phi) is 8.31. The van der Waals surface area contributed by atoms with Gasteiger partial charge in [-0.3, -0.25) is 4.79 Å². The summed E-state index contributed by atoms with van der Waals surface area (Å²) in [7, 11) is 0. The first-order chi connectivity index (χ1) is 11.1. The van der Waals surface area contributed by atoms with Crippen LogP contribution in [0.3, 0.4) is 0 Å². The molecule has 0 spiro atoms. The topological polar surface area (TPSA) is 50.2 Å². The number of carbonyl (C=O) groups is 1. The van der Waals surface area contributed by atoms with Gasteiger partial charge in [0.1, 0.15) is 0 Å². The zero-order valence-electron chi connectivity index (χ0n) is 13.7. The summed E-state index contributed by atoms with van der Waals surface area (Å²) in [4.78, 5) is 14.7. The normalized spacial score (nSPS) is 13.4. The van der Waals surface area contributed by atoms with E-state index in [0.717, 1.165) is 24.1 Å². The van der Waals surface area contributed by atoms with E-state index in [1.165, 1.54) is 30.9 Å². The van der Waals surface area contributed by atoms with Crippen LogP contribution < -0.4 is 0 Å². The van der Waals surface area contributed by atoms with Gasteiger partial charge in [-0.05, 0) is 31.0 Å². The van der Waals surface area contributed by atoms with E-state index in [9.17, 15) is 4.79 Å². The van der Waals surface area contributed by atoms with Crippen molar-refractivity contribution in [3.05, 3.63) is 72.2 Å². The van der Waals surface area contributed by atoms with Crippen LogP contribution in [-0.4, -0.2) is 15.9 Å². The number of nitrogens with zero attached hydrogens (tertiary/aromatic N) is 1.